The first-order valence-corrected chi connectivity index (χ1v) is 12.2. The number of carbonyl (C=O) groups excluding carboxylic acids is 1. The number of imidazole rings is 1. The van der Waals surface area contributed by atoms with E-state index in [0.717, 1.165) is 65.3 Å². The van der Waals surface area contributed by atoms with Gasteiger partial charge in [0.15, 0.2) is 0 Å². The molecule has 1 amide bonds. The van der Waals surface area contributed by atoms with Gasteiger partial charge in [-0.05, 0) is 67.3 Å². The summed E-state index contributed by atoms with van der Waals surface area (Å²) in [5, 5.41) is 3.06. The SMILES string of the molecule is COc1ccc(OCCCn2c(CCCNC(=O)Cc3ccccc3C)nc3ccccc32)cc1. The smallest absolute Gasteiger partial charge is 0.224 e. The summed E-state index contributed by atoms with van der Waals surface area (Å²) in [5.41, 5.74) is 4.36. The van der Waals surface area contributed by atoms with Crippen LogP contribution in [0.15, 0.2) is 72.8 Å². The lowest BCUT2D eigenvalue weighted by atomic mass is 10.1. The van der Waals surface area contributed by atoms with E-state index in [1.165, 1.54) is 0 Å². The van der Waals surface area contributed by atoms with Crippen molar-refractivity contribution in [3.8, 4) is 11.5 Å². The molecule has 0 fully saturated rings. The first-order valence-electron chi connectivity index (χ1n) is 12.2. The van der Waals surface area contributed by atoms with Gasteiger partial charge in [-0.25, -0.2) is 4.98 Å². The Morgan fingerprint density at radius 2 is 1.69 bits per heavy atom. The molecule has 0 unspecified atom stereocenters. The number of aryl methyl sites for hydroxylation is 3. The van der Waals surface area contributed by atoms with E-state index in [1.807, 2.05) is 73.7 Å². The Kier molecular flexibility index (Phi) is 8.39. The lowest BCUT2D eigenvalue weighted by Crippen LogP contribution is -2.26. The molecule has 1 N–H and O–H groups in total. The van der Waals surface area contributed by atoms with Crippen LogP contribution < -0.4 is 14.8 Å². The number of benzene rings is 3. The molecule has 4 rings (SSSR count). The third-order valence-electron chi connectivity index (χ3n) is 6.10. The van der Waals surface area contributed by atoms with E-state index in [4.69, 9.17) is 14.5 Å². The van der Waals surface area contributed by atoms with Crippen molar-refractivity contribution in [1.29, 1.82) is 0 Å². The van der Waals surface area contributed by atoms with Crippen LogP contribution in [0.25, 0.3) is 11.0 Å². The number of methoxy groups -OCH3 is 1. The van der Waals surface area contributed by atoms with Gasteiger partial charge in [0.1, 0.15) is 17.3 Å². The van der Waals surface area contributed by atoms with Crippen LogP contribution in [-0.2, 0) is 24.2 Å². The van der Waals surface area contributed by atoms with Crippen LogP contribution in [0.3, 0.4) is 0 Å². The molecule has 0 saturated carbocycles. The molecule has 4 aromatic rings. The average Bonchev–Trinajstić information content (AvgIpc) is 3.23. The van der Waals surface area contributed by atoms with Crippen molar-refractivity contribution < 1.29 is 14.3 Å². The number of carbonyl (C=O) groups is 1. The molecular weight excluding hydrogens is 438 g/mol. The zero-order valence-corrected chi connectivity index (χ0v) is 20.5. The van der Waals surface area contributed by atoms with E-state index in [9.17, 15) is 4.79 Å². The van der Waals surface area contributed by atoms with Crippen LogP contribution in [0.4, 0.5) is 0 Å². The molecule has 0 radical (unpaired) electrons. The van der Waals surface area contributed by atoms with Gasteiger partial charge in [-0.3, -0.25) is 4.79 Å². The normalized spacial score (nSPS) is 10.9. The van der Waals surface area contributed by atoms with Gasteiger partial charge in [-0.15, -0.1) is 0 Å². The molecule has 3 aromatic carbocycles. The topological polar surface area (TPSA) is 65.4 Å². The molecule has 0 aliphatic heterocycles. The van der Waals surface area contributed by atoms with E-state index in [1.54, 1.807) is 7.11 Å². The second kappa shape index (κ2) is 12.1. The standard InChI is InChI=1S/C29H33N3O3/c1-22-9-3-4-10-23(22)21-29(33)30-18-7-13-28-31-26-11-5-6-12-27(26)32(28)19-8-20-35-25-16-14-24(34-2)15-17-25/h3-6,9-12,14-17H,7-8,13,18-21H2,1-2H3,(H,30,33). The van der Waals surface area contributed by atoms with Crippen molar-refractivity contribution in [1.82, 2.24) is 14.9 Å². The Morgan fingerprint density at radius 1 is 0.943 bits per heavy atom. The lowest BCUT2D eigenvalue weighted by Gasteiger charge is -2.11. The van der Waals surface area contributed by atoms with Crippen molar-refractivity contribution >= 4 is 16.9 Å². The highest BCUT2D eigenvalue weighted by Gasteiger charge is 2.11. The summed E-state index contributed by atoms with van der Waals surface area (Å²) in [4.78, 5) is 17.2. The van der Waals surface area contributed by atoms with E-state index in [2.05, 4.69) is 16.0 Å². The summed E-state index contributed by atoms with van der Waals surface area (Å²) < 4.78 is 13.4. The van der Waals surface area contributed by atoms with E-state index < -0.39 is 0 Å². The van der Waals surface area contributed by atoms with Crippen molar-refractivity contribution in [3.63, 3.8) is 0 Å². The van der Waals surface area contributed by atoms with Gasteiger partial charge in [-0.1, -0.05) is 36.4 Å². The number of rotatable bonds is 12. The molecule has 182 valence electrons. The Labute approximate surface area is 206 Å². The number of fused-ring (bicyclic) bond motifs is 1. The first kappa shape index (κ1) is 24.3. The molecule has 0 atom stereocenters. The molecule has 0 spiro atoms. The highest BCUT2D eigenvalue weighted by molar-refractivity contribution is 5.79. The van der Waals surface area contributed by atoms with Crippen LogP contribution >= 0.6 is 0 Å². The zero-order chi connectivity index (χ0) is 24.5. The molecule has 1 heterocycles. The van der Waals surface area contributed by atoms with Gasteiger partial charge in [0.05, 0.1) is 31.2 Å². The van der Waals surface area contributed by atoms with E-state index >= 15 is 0 Å². The Bertz CT molecular complexity index is 1250. The minimum Gasteiger partial charge on any atom is -0.497 e. The van der Waals surface area contributed by atoms with Crippen LogP contribution in [0.2, 0.25) is 0 Å². The minimum atomic E-state index is 0.0588. The Morgan fingerprint density at radius 3 is 2.49 bits per heavy atom. The van der Waals surface area contributed by atoms with Gasteiger partial charge in [-0.2, -0.15) is 0 Å². The number of amides is 1. The summed E-state index contributed by atoms with van der Waals surface area (Å²) >= 11 is 0. The fourth-order valence-electron chi connectivity index (χ4n) is 4.17. The molecule has 0 saturated heterocycles. The largest absolute Gasteiger partial charge is 0.497 e. The first-order chi connectivity index (χ1) is 17.1. The summed E-state index contributed by atoms with van der Waals surface area (Å²) in [5.74, 6) is 2.76. The maximum atomic E-state index is 12.4. The Balaban J connectivity index is 1.28. The lowest BCUT2D eigenvalue weighted by molar-refractivity contribution is -0.120. The maximum absolute atomic E-state index is 12.4. The summed E-state index contributed by atoms with van der Waals surface area (Å²) in [7, 11) is 1.66. The molecule has 0 aliphatic rings. The fourth-order valence-corrected chi connectivity index (χ4v) is 4.17. The Hall–Kier alpha value is -3.80. The van der Waals surface area contributed by atoms with Gasteiger partial charge in [0.2, 0.25) is 5.91 Å². The molecule has 0 bridgehead atoms. The van der Waals surface area contributed by atoms with Crippen molar-refractivity contribution in [2.24, 2.45) is 0 Å². The van der Waals surface area contributed by atoms with Crippen LogP contribution in [0, 0.1) is 6.92 Å². The van der Waals surface area contributed by atoms with Gasteiger partial charge in [0.25, 0.3) is 0 Å². The second-order valence-corrected chi connectivity index (χ2v) is 8.60. The second-order valence-electron chi connectivity index (χ2n) is 8.60. The average molecular weight is 472 g/mol. The maximum Gasteiger partial charge on any atom is 0.224 e. The molecule has 35 heavy (non-hydrogen) atoms. The van der Waals surface area contributed by atoms with Gasteiger partial charge < -0.3 is 19.4 Å². The van der Waals surface area contributed by atoms with Crippen LogP contribution in [-0.4, -0.2) is 35.7 Å². The quantitative estimate of drug-likeness (QED) is 0.292. The zero-order valence-electron chi connectivity index (χ0n) is 20.5. The molecular formula is C29H33N3O3. The molecule has 0 aliphatic carbocycles. The van der Waals surface area contributed by atoms with Gasteiger partial charge in [0, 0.05) is 19.5 Å². The van der Waals surface area contributed by atoms with E-state index in [0.29, 0.717) is 19.6 Å². The molecule has 6 heteroatoms. The third kappa shape index (κ3) is 6.63. The number of aromatic nitrogens is 2. The van der Waals surface area contributed by atoms with E-state index in [-0.39, 0.29) is 5.91 Å². The number of para-hydroxylation sites is 2. The molecule has 6 nitrogen and oxygen atoms in total. The summed E-state index contributed by atoms with van der Waals surface area (Å²) in [6.45, 7) is 4.11. The highest BCUT2D eigenvalue weighted by Crippen LogP contribution is 2.19. The van der Waals surface area contributed by atoms with Crippen molar-refractivity contribution in [3.05, 3.63) is 89.7 Å². The number of hydrogen-bond donors (Lipinski definition) is 1. The van der Waals surface area contributed by atoms with Crippen molar-refractivity contribution in [2.45, 2.75) is 39.2 Å². The predicted molar refractivity (Wildman–Crippen MR) is 139 cm³/mol. The van der Waals surface area contributed by atoms with Crippen LogP contribution in [0.5, 0.6) is 11.5 Å². The number of nitrogens with zero attached hydrogens (tertiary/aromatic N) is 2. The number of hydrogen-bond acceptors (Lipinski definition) is 4. The van der Waals surface area contributed by atoms with Crippen LogP contribution in [0.1, 0.15) is 29.8 Å². The summed E-state index contributed by atoms with van der Waals surface area (Å²) in [6, 6.07) is 23.9. The number of ether oxygens (including phenoxy) is 2. The fraction of sp³-hybridized carbons (Fsp3) is 0.310. The summed E-state index contributed by atoms with van der Waals surface area (Å²) in [6.07, 6.45) is 2.93. The third-order valence-corrected chi connectivity index (χ3v) is 6.10. The minimum absolute atomic E-state index is 0.0588. The number of nitrogens with one attached hydrogen (secondary N) is 1. The predicted octanol–water partition coefficient (Wildman–Crippen LogP) is 5.11. The highest BCUT2D eigenvalue weighted by atomic mass is 16.5. The van der Waals surface area contributed by atoms with Crippen molar-refractivity contribution in [2.75, 3.05) is 20.3 Å². The van der Waals surface area contributed by atoms with Gasteiger partial charge >= 0.3 is 0 Å². The molecule has 1 aromatic heterocycles. The monoisotopic (exact) mass is 471 g/mol.